The number of hydrogen-bond acceptors (Lipinski definition) is 4. The van der Waals surface area contributed by atoms with Gasteiger partial charge in [0.25, 0.3) is 0 Å². The molecule has 0 heterocycles. The van der Waals surface area contributed by atoms with Crippen LogP contribution in [0.3, 0.4) is 0 Å². The highest BCUT2D eigenvalue weighted by molar-refractivity contribution is 5.67. The van der Waals surface area contributed by atoms with Gasteiger partial charge in [-0.2, -0.15) is 0 Å². The van der Waals surface area contributed by atoms with Gasteiger partial charge in [0.15, 0.2) is 0 Å². The maximum atomic E-state index is 11.2. The van der Waals surface area contributed by atoms with Gasteiger partial charge in [-0.05, 0) is 69.6 Å². The third-order valence-electron chi connectivity index (χ3n) is 5.07. The third-order valence-corrected chi connectivity index (χ3v) is 5.07. The number of amides is 1. The molecule has 5 nitrogen and oxygen atoms in total. The fourth-order valence-electron chi connectivity index (χ4n) is 3.82. The number of rotatable bonds is 4. The zero-order valence-corrected chi connectivity index (χ0v) is 12.8. The highest BCUT2D eigenvalue weighted by atomic mass is 16.5. The molecule has 0 unspecified atom stereocenters. The first-order chi connectivity index (χ1) is 10.2. The summed E-state index contributed by atoms with van der Waals surface area (Å²) in [6.45, 7) is 0. The van der Waals surface area contributed by atoms with E-state index in [0.717, 1.165) is 37.5 Å². The summed E-state index contributed by atoms with van der Waals surface area (Å²) in [6.07, 6.45) is 11.6. The van der Waals surface area contributed by atoms with Crippen molar-refractivity contribution in [1.82, 2.24) is 5.32 Å². The summed E-state index contributed by atoms with van der Waals surface area (Å²) in [5, 5.41) is 2.90. The Bertz CT molecular complexity index is 377. The van der Waals surface area contributed by atoms with Gasteiger partial charge in [-0.3, -0.25) is 0 Å². The molecule has 0 aromatic rings. The first-order valence-electron chi connectivity index (χ1n) is 8.12. The van der Waals surface area contributed by atoms with Gasteiger partial charge in [0.1, 0.15) is 0 Å². The maximum absolute atomic E-state index is 11.2. The monoisotopic (exact) mass is 294 g/mol. The number of nitrogens with one attached hydrogen (secondary N) is 1. The standard InChI is InChI=1S/C16H26N2O3/c1-21-16(20)18-15-8-4-13(5-9-15)10-12-2-6-14(7-3-12)17-11-19/h12-15H,2-10H2,1H3,(H,18,20). The van der Waals surface area contributed by atoms with Crippen LogP contribution in [-0.2, 0) is 9.53 Å². The highest BCUT2D eigenvalue weighted by Crippen LogP contribution is 2.35. The summed E-state index contributed by atoms with van der Waals surface area (Å²) in [5.74, 6) is 1.58. The van der Waals surface area contributed by atoms with Crippen LogP contribution in [0.2, 0.25) is 0 Å². The van der Waals surface area contributed by atoms with Gasteiger partial charge < -0.3 is 10.1 Å². The van der Waals surface area contributed by atoms with Gasteiger partial charge in [-0.15, -0.1) is 0 Å². The Kier molecular flexibility index (Phi) is 6.24. The second-order valence-corrected chi connectivity index (χ2v) is 6.48. The molecular weight excluding hydrogens is 268 g/mol. The smallest absolute Gasteiger partial charge is 0.407 e. The van der Waals surface area contributed by atoms with E-state index >= 15 is 0 Å². The zero-order valence-electron chi connectivity index (χ0n) is 12.8. The van der Waals surface area contributed by atoms with E-state index in [1.54, 1.807) is 6.08 Å². The zero-order chi connectivity index (χ0) is 15.1. The lowest BCUT2D eigenvalue weighted by molar-refractivity contribution is 0.157. The van der Waals surface area contributed by atoms with Crippen LogP contribution >= 0.6 is 0 Å². The lowest BCUT2D eigenvalue weighted by Gasteiger charge is -2.33. The number of nitrogens with zero attached hydrogens (tertiary/aromatic N) is 1. The molecule has 0 saturated heterocycles. The van der Waals surface area contributed by atoms with Crippen LogP contribution in [0.4, 0.5) is 4.79 Å². The number of methoxy groups -OCH3 is 1. The van der Waals surface area contributed by atoms with Crippen molar-refractivity contribution >= 4 is 12.2 Å². The molecule has 2 rings (SSSR count). The number of ether oxygens (including phenoxy) is 1. The van der Waals surface area contributed by atoms with E-state index in [9.17, 15) is 9.59 Å². The molecule has 0 aliphatic heterocycles. The Morgan fingerprint density at radius 2 is 1.67 bits per heavy atom. The number of isocyanates is 1. The van der Waals surface area contributed by atoms with Crippen LogP contribution in [0.5, 0.6) is 0 Å². The maximum Gasteiger partial charge on any atom is 0.407 e. The molecule has 0 aromatic carbocycles. The summed E-state index contributed by atoms with van der Waals surface area (Å²) in [6, 6.07) is 0.505. The average Bonchev–Trinajstić information content (AvgIpc) is 2.51. The Hall–Kier alpha value is -1.35. The SMILES string of the molecule is COC(=O)NC1CCC(CC2CCC(N=C=O)CC2)CC1. The number of carbonyl (C=O) groups excluding carboxylic acids is 2. The molecule has 118 valence electrons. The number of carbonyl (C=O) groups is 1. The van der Waals surface area contributed by atoms with Crippen LogP contribution in [-0.4, -0.2) is 31.4 Å². The van der Waals surface area contributed by atoms with E-state index in [1.165, 1.54) is 39.2 Å². The molecule has 0 radical (unpaired) electrons. The first-order valence-corrected chi connectivity index (χ1v) is 8.12. The van der Waals surface area contributed by atoms with E-state index in [1.807, 2.05) is 0 Å². The molecule has 1 amide bonds. The molecule has 21 heavy (non-hydrogen) atoms. The molecule has 2 saturated carbocycles. The molecule has 0 spiro atoms. The van der Waals surface area contributed by atoms with Crippen molar-refractivity contribution in [3.63, 3.8) is 0 Å². The van der Waals surface area contributed by atoms with Crippen molar-refractivity contribution in [2.45, 2.75) is 69.9 Å². The van der Waals surface area contributed by atoms with Gasteiger partial charge in [0.05, 0.1) is 13.2 Å². The fourth-order valence-corrected chi connectivity index (χ4v) is 3.82. The van der Waals surface area contributed by atoms with E-state index in [4.69, 9.17) is 0 Å². The minimum Gasteiger partial charge on any atom is -0.453 e. The highest BCUT2D eigenvalue weighted by Gasteiger charge is 2.27. The van der Waals surface area contributed by atoms with Crippen molar-refractivity contribution in [2.75, 3.05) is 7.11 Å². The summed E-state index contributed by atoms with van der Waals surface area (Å²) >= 11 is 0. The topological polar surface area (TPSA) is 67.8 Å². The Labute approximate surface area is 126 Å². The second kappa shape index (κ2) is 8.18. The predicted molar refractivity (Wildman–Crippen MR) is 79.8 cm³/mol. The summed E-state index contributed by atoms with van der Waals surface area (Å²) in [5.41, 5.74) is 0. The van der Waals surface area contributed by atoms with Crippen molar-refractivity contribution in [2.24, 2.45) is 16.8 Å². The van der Waals surface area contributed by atoms with Crippen LogP contribution in [0.1, 0.15) is 57.8 Å². The van der Waals surface area contributed by atoms with Crippen molar-refractivity contribution < 1.29 is 14.3 Å². The minimum atomic E-state index is -0.312. The number of hydrogen-bond donors (Lipinski definition) is 1. The quantitative estimate of drug-likeness (QED) is 0.639. The molecular formula is C16H26N2O3. The summed E-state index contributed by atoms with van der Waals surface area (Å²) in [7, 11) is 1.41. The minimum absolute atomic E-state index is 0.221. The second-order valence-electron chi connectivity index (χ2n) is 6.48. The molecule has 0 atom stereocenters. The van der Waals surface area contributed by atoms with E-state index < -0.39 is 0 Å². The summed E-state index contributed by atoms with van der Waals surface area (Å²) in [4.78, 5) is 25.3. The van der Waals surface area contributed by atoms with Crippen LogP contribution in [0.25, 0.3) is 0 Å². The molecule has 2 aliphatic carbocycles. The number of aliphatic imine (C=N–C) groups is 1. The van der Waals surface area contributed by atoms with E-state index in [-0.39, 0.29) is 18.2 Å². The molecule has 0 bridgehead atoms. The third kappa shape index (κ3) is 5.16. The van der Waals surface area contributed by atoms with Crippen molar-refractivity contribution in [3.05, 3.63) is 0 Å². The Morgan fingerprint density at radius 3 is 2.19 bits per heavy atom. The van der Waals surface area contributed by atoms with Gasteiger partial charge in [-0.25, -0.2) is 14.6 Å². The Balaban J connectivity index is 1.65. The van der Waals surface area contributed by atoms with Gasteiger partial charge in [0, 0.05) is 6.04 Å². The lowest BCUT2D eigenvalue weighted by Crippen LogP contribution is -2.37. The molecule has 0 aromatic heterocycles. The van der Waals surface area contributed by atoms with Gasteiger partial charge in [0.2, 0.25) is 6.08 Å². The number of alkyl carbamates (subject to hydrolysis) is 1. The normalized spacial score (nSPS) is 32.8. The van der Waals surface area contributed by atoms with Crippen molar-refractivity contribution in [3.8, 4) is 0 Å². The average molecular weight is 294 g/mol. The molecule has 5 heteroatoms. The predicted octanol–water partition coefficient (Wildman–Crippen LogP) is 3.19. The van der Waals surface area contributed by atoms with Crippen LogP contribution < -0.4 is 5.32 Å². The van der Waals surface area contributed by atoms with Crippen LogP contribution in [0, 0.1) is 11.8 Å². The summed E-state index contributed by atoms with van der Waals surface area (Å²) < 4.78 is 4.64. The van der Waals surface area contributed by atoms with Crippen LogP contribution in [0.15, 0.2) is 4.99 Å². The molecule has 2 fully saturated rings. The lowest BCUT2D eigenvalue weighted by atomic mass is 9.76. The molecule has 1 N–H and O–H groups in total. The van der Waals surface area contributed by atoms with Crippen molar-refractivity contribution in [1.29, 1.82) is 0 Å². The fraction of sp³-hybridized carbons (Fsp3) is 0.875. The largest absolute Gasteiger partial charge is 0.453 e. The van der Waals surface area contributed by atoms with E-state index in [0.29, 0.717) is 0 Å². The Morgan fingerprint density at radius 1 is 1.10 bits per heavy atom. The van der Waals surface area contributed by atoms with Gasteiger partial charge >= 0.3 is 6.09 Å². The van der Waals surface area contributed by atoms with Gasteiger partial charge in [-0.1, -0.05) is 0 Å². The van der Waals surface area contributed by atoms with E-state index in [2.05, 4.69) is 15.0 Å². The first kappa shape index (κ1) is 16.0. The molecule has 2 aliphatic rings.